The predicted molar refractivity (Wildman–Crippen MR) is 92.2 cm³/mol. The van der Waals surface area contributed by atoms with E-state index < -0.39 is 20.5 Å². The van der Waals surface area contributed by atoms with Crippen LogP contribution in [0.5, 0.6) is 0 Å². The van der Waals surface area contributed by atoms with Gasteiger partial charge in [-0.3, -0.25) is 15.0 Å². The number of thiophene rings is 1. The maximum absolute atomic E-state index is 13.2. The van der Waals surface area contributed by atoms with Gasteiger partial charge in [0.05, 0.1) is 10.6 Å². The van der Waals surface area contributed by atoms with Crippen molar-refractivity contribution in [1.29, 1.82) is 0 Å². The largest absolute Gasteiger partial charge is 0.381 e. The van der Waals surface area contributed by atoms with Crippen LogP contribution in [0.3, 0.4) is 0 Å². The summed E-state index contributed by atoms with van der Waals surface area (Å²) in [5, 5.41) is 9.06. The van der Waals surface area contributed by atoms with E-state index in [1.54, 1.807) is 12.3 Å². The number of rotatable bonds is 4. The third-order valence-electron chi connectivity index (χ3n) is 4.34. The number of nitrogens with one attached hydrogen (secondary N) is 1. The molecule has 2 N–H and O–H groups in total. The van der Waals surface area contributed by atoms with Crippen LogP contribution in [0.1, 0.15) is 18.4 Å². The molecule has 134 valence electrons. The number of carbonyl (C=O) groups excluding carboxylic acids is 1. The summed E-state index contributed by atoms with van der Waals surface area (Å²) in [5.41, 5.74) is 3.19. The van der Waals surface area contributed by atoms with Gasteiger partial charge in [0.15, 0.2) is 4.75 Å². The molecule has 1 aliphatic rings. The Morgan fingerprint density at radius 2 is 2.00 bits per heavy atom. The third kappa shape index (κ3) is 3.08. The first-order valence-electron chi connectivity index (χ1n) is 7.70. The van der Waals surface area contributed by atoms with Gasteiger partial charge in [-0.2, -0.15) is 0 Å². The zero-order valence-corrected chi connectivity index (χ0v) is 15.2. The minimum Gasteiger partial charge on any atom is -0.381 e. The van der Waals surface area contributed by atoms with Crippen molar-refractivity contribution in [3.63, 3.8) is 0 Å². The van der Waals surface area contributed by atoms with Crippen LogP contribution in [0.15, 0.2) is 34.7 Å². The molecule has 2 aromatic heterocycles. The van der Waals surface area contributed by atoms with Gasteiger partial charge in [-0.25, -0.2) is 13.9 Å². The molecule has 2 aromatic rings. The van der Waals surface area contributed by atoms with E-state index in [4.69, 9.17) is 9.94 Å². The summed E-state index contributed by atoms with van der Waals surface area (Å²) in [7, 11) is -3.99. The van der Waals surface area contributed by atoms with Crippen molar-refractivity contribution >= 4 is 27.1 Å². The third-order valence-corrected chi connectivity index (χ3v) is 8.44. The van der Waals surface area contributed by atoms with Crippen molar-refractivity contribution in [2.45, 2.75) is 28.7 Å². The number of nitrogens with zero attached hydrogens (tertiary/aromatic N) is 1. The van der Waals surface area contributed by atoms with E-state index in [0.29, 0.717) is 10.6 Å². The highest BCUT2D eigenvalue weighted by atomic mass is 32.2. The number of hydrogen-bond donors (Lipinski definition) is 2. The molecular weight excluding hydrogens is 364 g/mol. The molecular formula is C16H18N2O5S2. The summed E-state index contributed by atoms with van der Waals surface area (Å²) in [6, 6.07) is 6.88. The first-order chi connectivity index (χ1) is 11.9. The molecule has 1 aliphatic heterocycles. The van der Waals surface area contributed by atoms with Gasteiger partial charge in [-0.1, -0.05) is 6.07 Å². The molecule has 0 radical (unpaired) electrons. The molecule has 25 heavy (non-hydrogen) atoms. The fourth-order valence-electron chi connectivity index (χ4n) is 2.83. The van der Waals surface area contributed by atoms with Crippen molar-refractivity contribution in [3.8, 4) is 10.6 Å². The number of aromatic nitrogens is 1. The van der Waals surface area contributed by atoms with Crippen LogP contribution in [0.4, 0.5) is 0 Å². The average molecular weight is 382 g/mol. The van der Waals surface area contributed by atoms with E-state index in [2.05, 4.69) is 4.98 Å². The van der Waals surface area contributed by atoms with E-state index >= 15 is 0 Å². The smallest absolute Gasteiger partial charge is 0.265 e. The molecule has 3 rings (SSSR count). The van der Waals surface area contributed by atoms with Crippen molar-refractivity contribution in [2.75, 3.05) is 13.2 Å². The molecule has 0 atom stereocenters. The lowest BCUT2D eigenvalue weighted by atomic mass is 9.98. The Kier molecular flexibility index (Phi) is 4.92. The Morgan fingerprint density at radius 1 is 1.28 bits per heavy atom. The summed E-state index contributed by atoms with van der Waals surface area (Å²) >= 11 is 1.07. The summed E-state index contributed by atoms with van der Waals surface area (Å²) in [5.74, 6) is -0.917. The first kappa shape index (κ1) is 18.0. The molecule has 1 fully saturated rings. The second-order valence-electron chi connectivity index (χ2n) is 5.89. The molecule has 1 amide bonds. The number of amides is 1. The maximum atomic E-state index is 13.2. The molecule has 0 bridgehead atoms. The number of aryl methyl sites for hydroxylation is 1. The molecule has 0 unspecified atom stereocenters. The minimum atomic E-state index is -3.99. The quantitative estimate of drug-likeness (QED) is 0.618. The van der Waals surface area contributed by atoms with Gasteiger partial charge in [0.2, 0.25) is 9.84 Å². The lowest BCUT2D eigenvalue weighted by Gasteiger charge is -2.33. The summed E-state index contributed by atoms with van der Waals surface area (Å²) in [6.07, 6.45) is 1.71. The monoisotopic (exact) mass is 382 g/mol. The Bertz CT molecular complexity index is 868. The number of hydroxylamine groups is 1. The number of pyridine rings is 1. The fourth-order valence-corrected chi connectivity index (χ4v) is 6.36. The van der Waals surface area contributed by atoms with E-state index in [-0.39, 0.29) is 30.3 Å². The molecule has 0 spiro atoms. The summed E-state index contributed by atoms with van der Waals surface area (Å²) in [4.78, 5) is 17.2. The number of hydrogen-bond acceptors (Lipinski definition) is 7. The van der Waals surface area contributed by atoms with Gasteiger partial charge in [-0.05, 0) is 43.5 Å². The van der Waals surface area contributed by atoms with Crippen LogP contribution < -0.4 is 5.48 Å². The molecule has 1 saturated heterocycles. The highest BCUT2D eigenvalue weighted by molar-refractivity contribution is 7.95. The summed E-state index contributed by atoms with van der Waals surface area (Å²) < 4.78 is 29.9. The normalized spacial score (nSPS) is 17.2. The van der Waals surface area contributed by atoms with Crippen LogP contribution in [-0.4, -0.2) is 42.5 Å². The predicted octanol–water partition coefficient (Wildman–Crippen LogP) is 1.95. The lowest BCUT2D eigenvalue weighted by molar-refractivity contribution is -0.134. The van der Waals surface area contributed by atoms with Crippen LogP contribution in [0, 0.1) is 6.92 Å². The van der Waals surface area contributed by atoms with Gasteiger partial charge in [-0.15, -0.1) is 11.3 Å². The van der Waals surface area contributed by atoms with Gasteiger partial charge in [0, 0.05) is 19.4 Å². The second-order valence-corrected chi connectivity index (χ2v) is 9.46. The van der Waals surface area contributed by atoms with E-state index in [9.17, 15) is 13.2 Å². The van der Waals surface area contributed by atoms with E-state index in [1.165, 1.54) is 11.5 Å². The standard InChI is InChI=1S/C16H18N2O5S2/c1-11-2-3-12(17-10-11)13-4-5-14(24-13)25(21,22)16(15(19)18-20)6-8-23-9-7-16/h2-5,10,20H,6-9H2,1H3,(H,18,19). The Morgan fingerprint density at radius 3 is 2.60 bits per heavy atom. The second kappa shape index (κ2) is 6.83. The zero-order chi connectivity index (χ0) is 18.1. The van der Waals surface area contributed by atoms with Crippen molar-refractivity contribution in [2.24, 2.45) is 0 Å². The maximum Gasteiger partial charge on any atom is 0.265 e. The zero-order valence-electron chi connectivity index (χ0n) is 13.6. The van der Waals surface area contributed by atoms with Crippen LogP contribution in [0.2, 0.25) is 0 Å². The SMILES string of the molecule is Cc1ccc(-c2ccc(S(=O)(=O)C3(C(=O)NO)CCOCC3)s2)nc1. The average Bonchev–Trinajstić information content (AvgIpc) is 3.13. The summed E-state index contributed by atoms with van der Waals surface area (Å²) in [6.45, 7) is 2.21. The molecule has 9 heteroatoms. The first-order valence-corrected chi connectivity index (χ1v) is 10.0. The van der Waals surface area contributed by atoms with Gasteiger partial charge < -0.3 is 4.74 Å². The molecule has 0 aromatic carbocycles. The van der Waals surface area contributed by atoms with Crippen LogP contribution in [0.25, 0.3) is 10.6 Å². The van der Waals surface area contributed by atoms with Crippen molar-refractivity contribution in [1.82, 2.24) is 10.5 Å². The molecule has 7 nitrogen and oxygen atoms in total. The van der Waals surface area contributed by atoms with Gasteiger partial charge in [0.1, 0.15) is 4.21 Å². The Labute approximate surface area is 149 Å². The molecule has 3 heterocycles. The highest BCUT2D eigenvalue weighted by Crippen LogP contribution is 2.39. The van der Waals surface area contributed by atoms with E-state index in [0.717, 1.165) is 16.9 Å². The Balaban J connectivity index is 2.02. The van der Waals surface area contributed by atoms with Crippen LogP contribution >= 0.6 is 11.3 Å². The number of sulfone groups is 1. The highest BCUT2D eigenvalue weighted by Gasteiger charge is 2.52. The van der Waals surface area contributed by atoms with Crippen molar-refractivity contribution < 1.29 is 23.2 Å². The van der Waals surface area contributed by atoms with Gasteiger partial charge in [0.25, 0.3) is 5.91 Å². The molecule has 0 saturated carbocycles. The van der Waals surface area contributed by atoms with Crippen molar-refractivity contribution in [3.05, 3.63) is 36.0 Å². The number of ether oxygens (including phenoxy) is 1. The van der Waals surface area contributed by atoms with Gasteiger partial charge >= 0.3 is 0 Å². The Hall–Kier alpha value is -1.81. The van der Waals surface area contributed by atoms with Crippen LogP contribution in [-0.2, 0) is 19.4 Å². The fraction of sp³-hybridized carbons (Fsp3) is 0.375. The lowest BCUT2D eigenvalue weighted by Crippen LogP contribution is -2.54. The minimum absolute atomic E-state index is 0.00224. The molecule has 0 aliphatic carbocycles. The van der Waals surface area contributed by atoms with E-state index in [1.807, 2.05) is 19.1 Å². The topological polar surface area (TPSA) is 106 Å². The number of carbonyl (C=O) groups is 1.